The molecule has 0 bridgehead atoms. The van der Waals surface area contributed by atoms with Gasteiger partial charge >= 0.3 is 0 Å². The van der Waals surface area contributed by atoms with Crippen LogP contribution in [0.4, 0.5) is 5.95 Å². The zero-order chi connectivity index (χ0) is 37.1. The van der Waals surface area contributed by atoms with Crippen LogP contribution in [0.25, 0.3) is 22.1 Å². The first-order valence-electron chi connectivity index (χ1n) is 17.4. The van der Waals surface area contributed by atoms with Crippen molar-refractivity contribution in [2.24, 2.45) is 11.1 Å². The van der Waals surface area contributed by atoms with Gasteiger partial charge in [0, 0.05) is 23.1 Å². The number of hydrogen-bond donors (Lipinski definition) is 2. The number of nitrogens with zero attached hydrogens (tertiary/aromatic N) is 6. The van der Waals surface area contributed by atoms with E-state index in [1.165, 1.54) is 6.92 Å². The second kappa shape index (κ2) is 13.1. The maximum absolute atomic E-state index is 13.6. The lowest BCUT2D eigenvalue weighted by Crippen LogP contribution is -2.31. The number of allylic oxidation sites excluding steroid dienone is 2. The van der Waals surface area contributed by atoms with Crippen LogP contribution in [-0.2, 0) is 17.8 Å². The molecule has 5 aromatic rings. The highest BCUT2D eigenvalue weighted by molar-refractivity contribution is 6.02. The molecule has 2 atom stereocenters. The van der Waals surface area contributed by atoms with E-state index in [1.807, 2.05) is 43.8 Å². The molecule has 2 amide bonds. The molecule has 2 aromatic carbocycles. The summed E-state index contributed by atoms with van der Waals surface area (Å²) in [6, 6.07) is 8.11. The third-order valence-electron chi connectivity index (χ3n) is 9.55. The number of carbonyl (C=O) groups is 4. The number of benzene rings is 2. The van der Waals surface area contributed by atoms with Crippen LogP contribution in [0.3, 0.4) is 0 Å². The van der Waals surface area contributed by atoms with Gasteiger partial charge in [-0.1, -0.05) is 32.9 Å². The summed E-state index contributed by atoms with van der Waals surface area (Å²) in [7, 11) is 0. The first-order chi connectivity index (χ1) is 24.7. The predicted molar refractivity (Wildman–Crippen MR) is 194 cm³/mol. The van der Waals surface area contributed by atoms with E-state index in [9.17, 15) is 19.2 Å². The van der Waals surface area contributed by atoms with E-state index in [4.69, 9.17) is 25.2 Å². The first kappa shape index (κ1) is 34.6. The number of rotatable bonds is 11. The lowest BCUT2D eigenvalue weighted by atomic mass is 9.96. The van der Waals surface area contributed by atoms with Crippen molar-refractivity contribution in [2.75, 3.05) is 18.5 Å². The Morgan fingerprint density at radius 3 is 2.12 bits per heavy atom. The maximum atomic E-state index is 13.6. The number of nitrogens with one attached hydrogen (secondary N) is 1. The molecule has 0 saturated carbocycles. The van der Waals surface area contributed by atoms with Gasteiger partial charge in [0.1, 0.15) is 47.3 Å². The van der Waals surface area contributed by atoms with E-state index in [1.54, 1.807) is 35.0 Å². The van der Waals surface area contributed by atoms with Gasteiger partial charge in [0.05, 0.1) is 35.2 Å². The summed E-state index contributed by atoms with van der Waals surface area (Å²) in [6.07, 6.45) is 5.30. The van der Waals surface area contributed by atoms with E-state index in [0.717, 1.165) is 11.2 Å². The SMILES string of the molecule is CCn1nc(C)cc1C(=O)Cc1nc2cc(C(N)=O)cc3c2n1[C@@H](C/C=C/C[C@H]1COc2cc(C(C)=O)cc4nc(NC(=O)C(C)(C)C)n1c24)CO3. The van der Waals surface area contributed by atoms with Crippen LogP contribution in [0.15, 0.2) is 42.5 Å². The van der Waals surface area contributed by atoms with Gasteiger partial charge in [-0.05, 0) is 63.9 Å². The molecule has 0 saturated heterocycles. The number of aromatic nitrogens is 6. The molecule has 2 aliphatic heterocycles. The lowest BCUT2D eigenvalue weighted by molar-refractivity contribution is -0.123. The van der Waals surface area contributed by atoms with E-state index in [2.05, 4.69) is 22.6 Å². The Kier molecular flexibility index (Phi) is 8.71. The van der Waals surface area contributed by atoms with Crippen LogP contribution < -0.4 is 20.5 Å². The van der Waals surface area contributed by atoms with E-state index >= 15 is 0 Å². The Balaban J connectivity index is 1.18. The highest BCUT2D eigenvalue weighted by atomic mass is 16.5. The minimum absolute atomic E-state index is 0.0369. The largest absolute Gasteiger partial charge is 0.489 e. The van der Waals surface area contributed by atoms with Crippen LogP contribution in [0, 0.1) is 12.3 Å². The van der Waals surface area contributed by atoms with Crippen molar-refractivity contribution < 1.29 is 28.7 Å². The van der Waals surface area contributed by atoms with Crippen LogP contribution in [0.1, 0.15) is 102 Å². The monoisotopic (exact) mass is 706 g/mol. The topological polar surface area (TPSA) is 178 Å². The standard InChI is InChI=1S/C38H42N8O6/c1-7-44-28(12-20(2)43-44)29(48)17-32-40-26-14-23(35(39)49)16-31-33(26)45(32)24(18-51-31)10-8-9-11-25-19-52-30-15-22(21(3)47)13-27-34(30)46(25)37(41-27)42-36(50)38(4,5)6/h8-9,12-16,24-25H,7,10-11,17-19H2,1-6H3,(H2,39,49)(H,41,42,50)/b9-8+/t24-,25-/m0/s1. The van der Waals surface area contributed by atoms with Gasteiger partial charge in [-0.25, -0.2) is 9.97 Å². The molecule has 0 fully saturated rings. The van der Waals surface area contributed by atoms with E-state index in [0.29, 0.717) is 83.7 Å². The number of aryl methyl sites for hydroxylation is 2. The number of carbonyl (C=O) groups excluding carboxylic acids is 4. The average Bonchev–Trinajstić information content (AvgIpc) is 3.78. The average molecular weight is 707 g/mol. The number of primary amides is 1. The Labute approximate surface area is 300 Å². The predicted octanol–water partition coefficient (Wildman–Crippen LogP) is 5.53. The Hall–Kier alpha value is -5.79. The normalized spacial score (nSPS) is 16.7. The summed E-state index contributed by atoms with van der Waals surface area (Å²) in [5, 5.41) is 7.44. The summed E-state index contributed by atoms with van der Waals surface area (Å²) in [4.78, 5) is 60.6. The van der Waals surface area contributed by atoms with Crippen molar-refractivity contribution in [2.45, 2.75) is 79.4 Å². The van der Waals surface area contributed by atoms with Gasteiger partial charge in [0.2, 0.25) is 17.8 Å². The third-order valence-corrected chi connectivity index (χ3v) is 9.55. The second-order valence-corrected chi connectivity index (χ2v) is 14.5. The van der Waals surface area contributed by atoms with Crippen molar-refractivity contribution in [1.82, 2.24) is 28.9 Å². The summed E-state index contributed by atoms with van der Waals surface area (Å²) < 4.78 is 18.1. The summed E-state index contributed by atoms with van der Waals surface area (Å²) >= 11 is 0. The number of nitrogens with two attached hydrogens (primary N) is 1. The number of ether oxygens (including phenoxy) is 2. The fraction of sp³-hybridized carbons (Fsp3) is 0.395. The van der Waals surface area contributed by atoms with Gasteiger partial charge in [-0.2, -0.15) is 5.10 Å². The van der Waals surface area contributed by atoms with Crippen molar-refractivity contribution in [1.29, 1.82) is 0 Å². The molecule has 5 heterocycles. The molecule has 0 aliphatic carbocycles. The molecule has 2 aliphatic rings. The molecule has 3 N–H and O–H groups in total. The van der Waals surface area contributed by atoms with Gasteiger partial charge in [-0.3, -0.25) is 33.7 Å². The van der Waals surface area contributed by atoms with Crippen LogP contribution in [0.2, 0.25) is 0 Å². The quantitative estimate of drug-likeness (QED) is 0.132. The van der Waals surface area contributed by atoms with Crippen LogP contribution >= 0.6 is 0 Å². The van der Waals surface area contributed by atoms with Crippen LogP contribution in [0.5, 0.6) is 11.5 Å². The number of hydrogen-bond acceptors (Lipinski definition) is 9. The molecular formula is C38H42N8O6. The van der Waals surface area contributed by atoms with Gasteiger partial charge in [-0.15, -0.1) is 0 Å². The zero-order valence-corrected chi connectivity index (χ0v) is 30.1. The summed E-state index contributed by atoms with van der Waals surface area (Å²) in [6.45, 7) is 12.0. The number of ketones is 2. The number of Topliss-reactive ketones (excluding diaryl/α,β-unsaturated/α-hetero) is 2. The zero-order valence-electron chi connectivity index (χ0n) is 30.1. The minimum Gasteiger partial charge on any atom is -0.489 e. The summed E-state index contributed by atoms with van der Waals surface area (Å²) in [5.41, 5.74) is 9.55. The molecule has 270 valence electrons. The number of imidazole rings is 2. The van der Waals surface area contributed by atoms with E-state index in [-0.39, 0.29) is 41.5 Å². The highest BCUT2D eigenvalue weighted by Gasteiger charge is 2.32. The van der Waals surface area contributed by atoms with Crippen molar-refractivity contribution >= 4 is 51.4 Å². The Morgan fingerprint density at radius 2 is 1.50 bits per heavy atom. The van der Waals surface area contributed by atoms with Gasteiger partial charge in [0.15, 0.2) is 11.6 Å². The van der Waals surface area contributed by atoms with Crippen molar-refractivity contribution in [3.8, 4) is 11.5 Å². The Bertz CT molecular complexity index is 2320. The molecule has 0 spiro atoms. The smallest absolute Gasteiger partial charge is 0.248 e. The second-order valence-electron chi connectivity index (χ2n) is 14.5. The van der Waals surface area contributed by atoms with E-state index < -0.39 is 11.3 Å². The lowest BCUT2D eigenvalue weighted by Gasteiger charge is -2.28. The van der Waals surface area contributed by atoms with Gasteiger partial charge < -0.3 is 19.8 Å². The maximum Gasteiger partial charge on any atom is 0.248 e. The summed E-state index contributed by atoms with van der Waals surface area (Å²) in [5.74, 6) is 1.03. The highest BCUT2D eigenvalue weighted by Crippen LogP contribution is 2.40. The van der Waals surface area contributed by atoms with Crippen LogP contribution in [-0.4, -0.2) is 65.5 Å². The van der Waals surface area contributed by atoms with Crippen molar-refractivity contribution in [3.05, 3.63) is 70.8 Å². The first-order valence-corrected chi connectivity index (χ1v) is 17.4. The fourth-order valence-electron chi connectivity index (χ4n) is 6.87. The molecule has 52 heavy (non-hydrogen) atoms. The third kappa shape index (κ3) is 6.22. The fourth-order valence-corrected chi connectivity index (χ4v) is 6.87. The Morgan fingerprint density at radius 1 is 0.904 bits per heavy atom. The molecule has 0 radical (unpaired) electrons. The number of anilines is 1. The molecule has 0 unspecified atom stereocenters. The molecule has 3 aromatic heterocycles. The molecule has 14 nitrogen and oxygen atoms in total. The minimum atomic E-state index is -0.646. The number of amides is 2. The molecule has 14 heteroatoms. The van der Waals surface area contributed by atoms with Gasteiger partial charge in [0.25, 0.3) is 0 Å². The molecule has 7 rings (SSSR count). The molecular weight excluding hydrogens is 664 g/mol. The van der Waals surface area contributed by atoms with Crippen molar-refractivity contribution in [3.63, 3.8) is 0 Å².